The summed E-state index contributed by atoms with van der Waals surface area (Å²) in [6, 6.07) is 2.08. The molecule has 0 radical (unpaired) electrons. The summed E-state index contributed by atoms with van der Waals surface area (Å²) >= 11 is 0. The van der Waals surface area contributed by atoms with Crippen LogP contribution in [0.25, 0.3) is 0 Å². The minimum absolute atomic E-state index is 0.0229. The third kappa shape index (κ3) is 2.79. The van der Waals surface area contributed by atoms with Crippen LogP contribution in [0.5, 0.6) is 0 Å². The first kappa shape index (κ1) is 17.1. The predicted molar refractivity (Wildman–Crippen MR) is 83.0 cm³/mol. The summed E-state index contributed by atoms with van der Waals surface area (Å²) in [5.41, 5.74) is -0.959. The van der Waals surface area contributed by atoms with Crippen LogP contribution in [-0.2, 0) is 19.7 Å². The Labute approximate surface area is 142 Å². The molecular weight excluding hydrogens is 336 g/mol. The topological polar surface area (TPSA) is 79.0 Å². The van der Waals surface area contributed by atoms with Crippen molar-refractivity contribution in [3.8, 4) is 0 Å². The van der Waals surface area contributed by atoms with Gasteiger partial charge in [-0.25, -0.2) is 13.6 Å². The number of carbonyl (C=O) groups excluding carboxylic acids is 3. The van der Waals surface area contributed by atoms with E-state index in [0.717, 1.165) is 17.0 Å². The first-order valence-electron chi connectivity index (χ1n) is 7.67. The zero-order chi connectivity index (χ0) is 18.4. The van der Waals surface area contributed by atoms with Crippen molar-refractivity contribution in [1.29, 1.82) is 0 Å². The van der Waals surface area contributed by atoms with Gasteiger partial charge in [0.15, 0.2) is 6.10 Å². The highest BCUT2D eigenvalue weighted by atomic mass is 19.1. The second-order valence-electron chi connectivity index (χ2n) is 6.45. The molecule has 1 atom stereocenters. The Bertz CT molecular complexity index is 726. The van der Waals surface area contributed by atoms with E-state index in [1.807, 2.05) is 0 Å². The maximum Gasteiger partial charge on any atom is 0.415 e. The van der Waals surface area contributed by atoms with Crippen LogP contribution in [0, 0.1) is 11.6 Å². The number of hydrogen-bond donors (Lipinski definition) is 1. The number of ether oxygens (including phenoxy) is 1. The summed E-state index contributed by atoms with van der Waals surface area (Å²) in [7, 11) is 1.40. The lowest BCUT2D eigenvalue weighted by atomic mass is 9.75. The molecule has 25 heavy (non-hydrogen) atoms. The van der Waals surface area contributed by atoms with E-state index in [9.17, 15) is 23.2 Å². The number of benzene rings is 1. The van der Waals surface area contributed by atoms with Crippen LogP contribution >= 0.6 is 0 Å². The molecule has 1 aromatic carbocycles. The molecule has 0 unspecified atom stereocenters. The van der Waals surface area contributed by atoms with Crippen molar-refractivity contribution in [3.05, 3.63) is 29.3 Å². The van der Waals surface area contributed by atoms with Gasteiger partial charge < -0.3 is 15.0 Å². The van der Waals surface area contributed by atoms with E-state index in [1.54, 1.807) is 6.92 Å². The Balaban J connectivity index is 1.87. The monoisotopic (exact) mass is 353 g/mol. The van der Waals surface area contributed by atoms with E-state index >= 15 is 0 Å². The lowest BCUT2D eigenvalue weighted by Crippen LogP contribution is -2.57. The van der Waals surface area contributed by atoms with E-state index in [0.29, 0.717) is 6.41 Å². The molecule has 9 heteroatoms. The normalized spacial score (nSPS) is 21.6. The molecule has 0 spiro atoms. The molecule has 0 aromatic heterocycles. The van der Waals surface area contributed by atoms with Crippen LogP contribution in [0.15, 0.2) is 12.1 Å². The first-order chi connectivity index (χ1) is 11.8. The highest BCUT2D eigenvalue weighted by Gasteiger charge is 2.44. The number of carbonyl (C=O) groups is 3. The van der Waals surface area contributed by atoms with Crippen LogP contribution in [0.3, 0.4) is 0 Å². The zero-order valence-corrected chi connectivity index (χ0v) is 13.7. The Morgan fingerprint density at radius 1 is 1.36 bits per heavy atom. The molecule has 2 fully saturated rings. The molecule has 0 bridgehead atoms. The van der Waals surface area contributed by atoms with Crippen molar-refractivity contribution < 1.29 is 27.9 Å². The van der Waals surface area contributed by atoms with Crippen LogP contribution in [0.4, 0.5) is 19.3 Å². The number of anilines is 1. The number of cyclic esters (lactones) is 1. The average Bonchev–Trinajstić information content (AvgIpc) is 2.92. The molecule has 7 nitrogen and oxygen atoms in total. The third-order valence-corrected chi connectivity index (χ3v) is 4.55. The van der Waals surface area contributed by atoms with Crippen molar-refractivity contribution in [2.24, 2.45) is 0 Å². The van der Waals surface area contributed by atoms with Gasteiger partial charge in [0.2, 0.25) is 6.41 Å². The van der Waals surface area contributed by atoms with Gasteiger partial charge >= 0.3 is 6.09 Å². The first-order valence-corrected chi connectivity index (χ1v) is 7.67. The standard InChI is InChI=1S/C16H17F2N3O4/c1-16(6-20(7-16)8-22)13-10(17)3-9(4-11(13)18)21-5-12(14(23)19-2)25-15(21)24/h3-4,8,12H,5-7H2,1-2H3,(H,19,23)/t12-/m1/s1. The fourth-order valence-electron chi connectivity index (χ4n) is 3.35. The Morgan fingerprint density at radius 3 is 2.48 bits per heavy atom. The third-order valence-electron chi connectivity index (χ3n) is 4.55. The minimum Gasteiger partial charge on any atom is -0.434 e. The molecule has 3 amide bonds. The molecule has 1 aromatic rings. The van der Waals surface area contributed by atoms with Gasteiger partial charge in [0.25, 0.3) is 5.91 Å². The molecule has 0 aliphatic carbocycles. The van der Waals surface area contributed by atoms with E-state index in [1.165, 1.54) is 11.9 Å². The molecule has 2 aliphatic rings. The van der Waals surface area contributed by atoms with E-state index in [-0.39, 0.29) is 30.9 Å². The molecule has 2 aliphatic heterocycles. The van der Waals surface area contributed by atoms with Crippen molar-refractivity contribution in [1.82, 2.24) is 10.2 Å². The highest BCUT2D eigenvalue weighted by molar-refractivity contribution is 5.95. The smallest absolute Gasteiger partial charge is 0.415 e. The largest absolute Gasteiger partial charge is 0.434 e. The van der Waals surface area contributed by atoms with Gasteiger partial charge in [0.1, 0.15) is 11.6 Å². The molecule has 0 saturated carbocycles. The van der Waals surface area contributed by atoms with Crippen molar-refractivity contribution in [2.75, 3.05) is 31.6 Å². The quantitative estimate of drug-likeness (QED) is 0.811. The number of halogens is 2. The Morgan fingerprint density at radius 2 is 1.96 bits per heavy atom. The number of hydrogen-bond acceptors (Lipinski definition) is 4. The van der Waals surface area contributed by atoms with Crippen molar-refractivity contribution in [2.45, 2.75) is 18.4 Å². The minimum atomic E-state index is -1.03. The lowest BCUT2D eigenvalue weighted by Gasteiger charge is -2.46. The van der Waals surface area contributed by atoms with E-state index < -0.39 is 35.2 Å². The molecular formula is C16H17F2N3O4. The van der Waals surface area contributed by atoms with Crippen LogP contribution in [-0.4, -0.2) is 56.1 Å². The summed E-state index contributed by atoms with van der Waals surface area (Å²) in [6.45, 7) is 1.97. The van der Waals surface area contributed by atoms with Gasteiger partial charge in [-0.2, -0.15) is 0 Å². The SMILES string of the molecule is CNC(=O)[C@H]1CN(c2cc(F)c(C3(C)CN(C=O)C3)c(F)c2)C(=O)O1. The number of rotatable bonds is 4. The van der Waals surface area contributed by atoms with E-state index in [2.05, 4.69) is 5.32 Å². The number of likely N-dealkylation sites (N-methyl/N-ethyl adjacent to an activating group) is 1. The van der Waals surface area contributed by atoms with Crippen LogP contribution < -0.4 is 10.2 Å². The second-order valence-corrected chi connectivity index (χ2v) is 6.45. The fourth-order valence-corrected chi connectivity index (χ4v) is 3.35. The number of nitrogens with zero attached hydrogens (tertiary/aromatic N) is 2. The summed E-state index contributed by atoms with van der Waals surface area (Å²) in [5.74, 6) is -2.11. The Hall–Kier alpha value is -2.71. The molecule has 2 heterocycles. The lowest BCUT2D eigenvalue weighted by molar-refractivity contribution is -0.127. The molecule has 1 N–H and O–H groups in total. The number of likely N-dealkylation sites (tertiary alicyclic amines) is 1. The maximum atomic E-state index is 14.6. The average molecular weight is 353 g/mol. The van der Waals surface area contributed by atoms with Gasteiger partial charge in [-0.1, -0.05) is 6.92 Å². The zero-order valence-electron chi connectivity index (χ0n) is 13.7. The molecule has 134 valence electrons. The molecule has 3 rings (SSSR count). The predicted octanol–water partition coefficient (Wildman–Crippen LogP) is 0.766. The van der Waals surface area contributed by atoms with Gasteiger partial charge in [0.05, 0.1) is 12.2 Å². The summed E-state index contributed by atoms with van der Waals surface area (Å²) in [6.07, 6.45) is -1.25. The van der Waals surface area contributed by atoms with Crippen molar-refractivity contribution >= 4 is 24.1 Å². The Kier molecular flexibility index (Phi) is 4.09. The molecule has 2 saturated heterocycles. The highest BCUT2D eigenvalue weighted by Crippen LogP contribution is 2.38. The fraction of sp³-hybridized carbons (Fsp3) is 0.438. The van der Waals surface area contributed by atoms with Gasteiger partial charge in [-0.05, 0) is 12.1 Å². The number of nitrogens with one attached hydrogen (secondary N) is 1. The summed E-state index contributed by atoms with van der Waals surface area (Å²) < 4.78 is 34.0. The van der Waals surface area contributed by atoms with Crippen LogP contribution in [0.2, 0.25) is 0 Å². The van der Waals surface area contributed by atoms with E-state index in [4.69, 9.17) is 4.74 Å². The van der Waals surface area contributed by atoms with Crippen molar-refractivity contribution in [3.63, 3.8) is 0 Å². The van der Waals surface area contributed by atoms with Gasteiger partial charge in [-0.3, -0.25) is 14.5 Å². The maximum absolute atomic E-state index is 14.6. The van der Waals surface area contributed by atoms with Crippen LogP contribution in [0.1, 0.15) is 12.5 Å². The van der Waals surface area contributed by atoms with Gasteiger partial charge in [-0.15, -0.1) is 0 Å². The number of amides is 3. The summed E-state index contributed by atoms with van der Waals surface area (Å²) in [4.78, 5) is 36.6. The second kappa shape index (κ2) is 5.98. The summed E-state index contributed by atoms with van der Waals surface area (Å²) in [5, 5.41) is 2.35. The van der Waals surface area contributed by atoms with Gasteiger partial charge in [0, 0.05) is 31.1 Å².